The van der Waals surface area contributed by atoms with Crippen molar-refractivity contribution >= 4 is 35.6 Å². The first-order chi connectivity index (χ1) is 65.8. The summed E-state index contributed by atoms with van der Waals surface area (Å²) >= 11 is 0. The van der Waals surface area contributed by atoms with Gasteiger partial charge in [0, 0.05) is 40.5 Å². The minimum atomic E-state index is -0.455. The number of Topliss-reactive ketones (excluding diaryl/α,β-unsaturated/α-hetero) is 1. The Morgan fingerprint density at radius 3 is 0.829 bits per heavy atom. The number of piperazine rings is 3. The number of quaternary nitrogens is 5. The third-order valence-corrected chi connectivity index (χ3v) is 30.4. The van der Waals surface area contributed by atoms with Crippen LogP contribution in [0.1, 0.15) is 436 Å². The highest BCUT2D eigenvalue weighted by Gasteiger charge is 2.49. The van der Waals surface area contributed by atoms with E-state index in [1.165, 1.54) is 163 Å². The van der Waals surface area contributed by atoms with Crippen LogP contribution in [-0.4, -0.2) is 206 Å². The first-order valence-electron chi connectivity index (χ1n) is 55.0. The summed E-state index contributed by atoms with van der Waals surface area (Å²) in [6.07, 6.45) is 15.5. The lowest BCUT2D eigenvalue weighted by molar-refractivity contribution is -1.09. The number of carbonyl (C=O) groups is 6. The zero-order valence-corrected chi connectivity index (χ0v) is 104. The standard InChI is InChI=1S/C28H42N2.2C14H24N.C14H28O4.C14H26O3.C14H22.C10H22NO2.C9H18O2.C7H14O2.CH4.BrH.2ClH/c1-5-23(3)27-11-7-25(8-12-27)21-29-15-18-30(19-16-29,20-17-29)22-26-9-13-28(14-10-26)24(4)6-2;2*1-6-12(2)14-9-7-13(8-10-14)11-15(3,4)5;1-7-13(3,4)11(18-16)9-10-17-12(15)14(5,6)8-2;1-7-13(3,4)11(15)9-10-17-12(16)14(5,6)8-2;1-5-11(3)13-7-9-14(10-8-13)12(4)6-2;1-7-10(2,3)9(12)13-8-11(4,5)6;1-4-6-7-11-9(10)8(3)5-2;1-5-7(2,3)6(8)9-4;;;;/h7-14,23-24H,5-6,15-22H2,1-4H3;2*7-10,12H,6,11H2,1-5H3;11,16H,7-10H2,1-6H3;7-10H2,1-6H3;7-12H,5-6H2,1-4H3;7-8H2,1-6H3;8H,4-7H2,1-3H3;5H2,1-4H3;1H4;3*1H/q+2;2*+1;;;;+1;;;;;;/p-3. The molecule has 0 saturated carbocycles. The monoisotopic (exact) mass is 2150 g/mol. The molecule has 5 aromatic rings. The van der Waals surface area contributed by atoms with Crippen molar-refractivity contribution in [2.75, 3.05) is 136 Å². The van der Waals surface area contributed by atoms with Gasteiger partial charge in [0.25, 0.3) is 0 Å². The van der Waals surface area contributed by atoms with E-state index in [4.69, 9.17) is 24.2 Å². The summed E-state index contributed by atoms with van der Waals surface area (Å²) in [7, 11) is 20.7. The number of fused-ring (bicyclic) bond motifs is 3. The van der Waals surface area contributed by atoms with Crippen molar-refractivity contribution in [1.29, 1.82) is 0 Å². The van der Waals surface area contributed by atoms with Crippen LogP contribution in [0, 0.1) is 38.4 Å². The highest BCUT2D eigenvalue weighted by Crippen LogP contribution is 2.36. The molecule has 3 fully saturated rings. The summed E-state index contributed by atoms with van der Waals surface area (Å²) in [5.74, 6) is 3.61. The fourth-order valence-corrected chi connectivity index (χ4v) is 14.8. The maximum atomic E-state index is 11.8. The molecular formula is C125H224BrCl2N5O13+2. The number of ether oxygens (including phenoxy) is 5. The van der Waals surface area contributed by atoms with E-state index in [0.717, 1.165) is 79.8 Å². The molecule has 2 bridgehead atoms. The molecule has 0 radical (unpaired) electrons. The summed E-state index contributed by atoms with van der Waals surface area (Å²) in [5.41, 5.74) is 12.8. The predicted octanol–water partition coefficient (Wildman–Crippen LogP) is 21.9. The Morgan fingerprint density at radius 2 is 0.603 bits per heavy atom. The van der Waals surface area contributed by atoms with E-state index < -0.39 is 10.8 Å². The van der Waals surface area contributed by atoms with Gasteiger partial charge in [-0.05, 0) is 220 Å². The van der Waals surface area contributed by atoms with Crippen LogP contribution in [-0.2, 0) is 83.5 Å². The molecule has 5 aromatic carbocycles. The van der Waals surface area contributed by atoms with E-state index in [0.29, 0.717) is 66.2 Å². The quantitative estimate of drug-likeness (QED) is 0.00741. The van der Waals surface area contributed by atoms with E-state index >= 15 is 0 Å². The number of nitrogens with zero attached hydrogens (tertiary/aromatic N) is 5. The van der Waals surface area contributed by atoms with E-state index in [9.17, 15) is 28.8 Å². The summed E-state index contributed by atoms with van der Waals surface area (Å²) in [4.78, 5) is 73.1. The van der Waals surface area contributed by atoms with Crippen LogP contribution in [0.4, 0.5) is 0 Å². The lowest BCUT2D eigenvalue weighted by Gasteiger charge is -2.55. The Kier molecular flexibility index (Phi) is 76.3. The van der Waals surface area contributed by atoms with Crippen molar-refractivity contribution in [3.63, 3.8) is 0 Å². The molecule has 0 aromatic heterocycles. The Morgan fingerprint density at radius 1 is 0.342 bits per heavy atom. The lowest BCUT2D eigenvalue weighted by atomic mass is 9.82. The van der Waals surface area contributed by atoms with E-state index in [1.807, 2.05) is 160 Å². The van der Waals surface area contributed by atoms with Crippen LogP contribution < -0.4 is 41.8 Å². The van der Waals surface area contributed by atoms with Gasteiger partial charge in [-0.3, -0.25) is 38.5 Å². The zero-order chi connectivity index (χ0) is 110. The van der Waals surface area contributed by atoms with Gasteiger partial charge in [-0.1, -0.05) is 308 Å². The van der Waals surface area contributed by atoms with Gasteiger partial charge in [0.2, 0.25) is 6.73 Å². The van der Waals surface area contributed by atoms with E-state index in [-0.39, 0.29) is 132 Å². The van der Waals surface area contributed by atoms with Gasteiger partial charge in [-0.25, -0.2) is 4.89 Å². The van der Waals surface area contributed by atoms with Crippen molar-refractivity contribution in [3.05, 3.63) is 177 Å². The molecule has 3 heterocycles. The predicted molar refractivity (Wildman–Crippen MR) is 606 cm³/mol. The van der Waals surface area contributed by atoms with Crippen LogP contribution in [0.5, 0.6) is 0 Å². The van der Waals surface area contributed by atoms with Crippen LogP contribution in [0.3, 0.4) is 0 Å². The summed E-state index contributed by atoms with van der Waals surface area (Å²) in [5, 5.41) is 8.92. The number of rotatable bonds is 46. The third-order valence-electron chi connectivity index (χ3n) is 30.4. The molecule has 0 spiro atoms. The highest BCUT2D eigenvalue weighted by atomic mass is 79.9. The number of hydrogen-bond acceptors (Lipinski definition) is 13. The van der Waals surface area contributed by atoms with Crippen LogP contribution in [0.25, 0.3) is 0 Å². The summed E-state index contributed by atoms with van der Waals surface area (Å²) in [6.45, 7) is 82.3. The molecule has 0 aliphatic carbocycles. The van der Waals surface area contributed by atoms with Gasteiger partial charge in [0.1, 0.15) is 77.3 Å². The SMILES string of the molecule is C.CCC(C)(C)C(=O)CCOC(=O)C(C)(C)CC.CCC(C)(C)C(=O)OC.CCC(C)(C)C(=O)OCCC(OO)C(C)(C)CC.CCC(C)(C)C(=O)OC[N+](C)(C)C.CCC(C)c1ccc(C(C)CC)cc1.CCC(C)c1ccc(C[N+](C)(C)C)cc1.CCC(C)c1ccc(C[N+](C)(C)C)cc1.CCC(C)c1ccc(C[N+]23CC[N+](Cc4ccc(C(C)CC)cc4)(CC2)CC3)cc1.CCCCOC(=O)C(C)CC.[Br-].[Cl-].[Cl-]. The number of carbonyl (C=O) groups excluding carboxylic acids is 6. The second-order valence-corrected chi connectivity index (χ2v) is 48.3. The van der Waals surface area contributed by atoms with Crippen molar-refractivity contribution in [2.24, 2.45) is 38.4 Å². The molecule has 21 heteroatoms. The number of benzene rings is 5. The molecular weight excluding hydrogens is 1930 g/mol. The maximum absolute atomic E-state index is 11.8. The van der Waals surface area contributed by atoms with Crippen molar-refractivity contribution < 1.29 is 127 Å². The fraction of sp³-hybridized carbons (Fsp3) is 0.712. The molecule has 8 rings (SSSR count). The summed E-state index contributed by atoms with van der Waals surface area (Å²) in [6, 6.07) is 46.4. The normalized spacial score (nSPS) is 16.0. The maximum Gasteiger partial charge on any atom is 0.315 e. The molecule has 3 aliphatic heterocycles. The molecule has 0 amide bonds. The molecule has 1 N–H and O–H groups in total. The van der Waals surface area contributed by atoms with Gasteiger partial charge >= 0.3 is 29.8 Å². The minimum absolute atomic E-state index is 0. The second-order valence-electron chi connectivity index (χ2n) is 48.3. The molecule has 146 heavy (non-hydrogen) atoms. The van der Waals surface area contributed by atoms with Gasteiger partial charge < -0.3 is 83.4 Å². The average Bonchev–Trinajstić information content (AvgIpc) is 0.753. The Labute approximate surface area is 920 Å². The van der Waals surface area contributed by atoms with Gasteiger partial charge in [-0.2, -0.15) is 0 Å². The number of hydrogen-bond donors (Lipinski definition) is 1. The molecule has 8 atom stereocenters. The lowest BCUT2D eigenvalue weighted by Crippen LogP contribution is -3.00. The Bertz CT molecular complexity index is 4050. The molecule has 18 nitrogen and oxygen atoms in total. The summed E-state index contributed by atoms with van der Waals surface area (Å²) < 4.78 is 30.4. The van der Waals surface area contributed by atoms with Crippen LogP contribution in [0.15, 0.2) is 121 Å². The fourth-order valence-electron chi connectivity index (χ4n) is 14.8. The van der Waals surface area contributed by atoms with Crippen molar-refractivity contribution in [1.82, 2.24) is 0 Å². The van der Waals surface area contributed by atoms with E-state index in [1.54, 1.807) is 0 Å². The highest BCUT2D eigenvalue weighted by molar-refractivity contribution is 5.84. The second kappa shape index (κ2) is 74.0. The number of halogens is 3. The number of methoxy groups -OCH3 is 1. The molecule has 846 valence electrons. The molecule has 3 aliphatic rings. The largest absolute Gasteiger partial charge is 1.00 e. The van der Waals surface area contributed by atoms with Crippen LogP contribution in [0.2, 0.25) is 0 Å². The zero-order valence-electron chi connectivity index (χ0n) is 101. The first kappa shape index (κ1) is 151. The van der Waals surface area contributed by atoms with Gasteiger partial charge in [0.15, 0.2) is 0 Å². The topological polar surface area (TPSA) is 178 Å². The number of unbranched alkanes of at least 4 members (excludes halogenated alkanes) is 1. The minimum Gasteiger partial charge on any atom is -1.00 e. The number of ketones is 1. The smallest absolute Gasteiger partial charge is 0.315 e. The Balaban J connectivity index is -0.000000385. The third kappa shape index (κ3) is 59.8. The van der Waals surface area contributed by atoms with Gasteiger partial charge in [0.05, 0.1) is 118 Å². The number of esters is 5. The Hall–Kier alpha value is -6.10. The van der Waals surface area contributed by atoms with Gasteiger partial charge in [-0.15, -0.1) is 0 Å². The molecule has 8 unspecified atom stereocenters. The molecule has 3 saturated heterocycles. The van der Waals surface area contributed by atoms with Crippen molar-refractivity contribution in [3.8, 4) is 0 Å². The van der Waals surface area contributed by atoms with E-state index in [2.05, 4.69) is 263 Å². The van der Waals surface area contributed by atoms with Crippen molar-refractivity contribution in [2.45, 2.75) is 413 Å². The van der Waals surface area contributed by atoms with Crippen LogP contribution >= 0.6 is 0 Å². The average molecular weight is 2160 g/mol. The first-order valence-corrected chi connectivity index (χ1v) is 55.0.